The monoisotopic (exact) mass is 373 g/mol. The predicted molar refractivity (Wildman–Crippen MR) is 100 cm³/mol. The van der Waals surface area contributed by atoms with Crippen molar-refractivity contribution in [2.24, 2.45) is 11.8 Å². The van der Waals surface area contributed by atoms with Crippen LogP contribution in [0.5, 0.6) is 0 Å². The average molecular weight is 374 g/mol. The van der Waals surface area contributed by atoms with Crippen LogP contribution in [0.4, 0.5) is 0 Å². The molecular formula is C20H24ClN3O2. The highest BCUT2D eigenvalue weighted by molar-refractivity contribution is 6.30. The highest BCUT2D eigenvalue weighted by Crippen LogP contribution is 2.35. The number of imide groups is 1. The molecule has 1 aliphatic carbocycles. The van der Waals surface area contributed by atoms with Gasteiger partial charge in [-0.2, -0.15) is 0 Å². The van der Waals surface area contributed by atoms with Gasteiger partial charge in [-0.15, -0.1) is 0 Å². The maximum atomic E-state index is 12.6. The van der Waals surface area contributed by atoms with Crippen molar-refractivity contribution in [1.82, 2.24) is 14.7 Å². The highest BCUT2D eigenvalue weighted by Gasteiger charge is 2.47. The third-order valence-corrected chi connectivity index (χ3v) is 5.94. The second-order valence-electron chi connectivity index (χ2n) is 7.43. The summed E-state index contributed by atoms with van der Waals surface area (Å²) in [5.74, 6) is -0.218. The third-order valence-electron chi connectivity index (χ3n) is 5.70. The number of likely N-dealkylation sites (tertiary alicyclic amines) is 1. The lowest BCUT2D eigenvalue weighted by atomic mass is 9.85. The van der Waals surface area contributed by atoms with Crippen molar-refractivity contribution in [1.29, 1.82) is 0 Å². The Balaban J connectivity index is 1.30. The molecule has 0 saturated carbocycles. The van der Waals surface area contributed by atoms with E-state index < -0.39 is 0 Å². The zero-order valence-corrected chi connectivity index (χ0v) is 15.6. The van der Waals surface area contributed by atoms with Crippen LogP contribution < -0.4 is 0 Å². The molecule has 26 heavy (non-hydrogen) atoms. The van der Waals surface area contributed by atoms with Crippen LogP contribution >= 0.6 is 11.6 Å². The largest absolute Gasteiger partial charge is 0.297 e. The van der Waals surface area contributed by atoms with Crippen LogP contribution in [0.25, 0.3) is 0 Å². The Morgan fingerprint density at radius 3 is 2.15 bits per heavy atom. The molecule has 0 bridgehead atoms. The molecule has 0 unspecified atom stereocenters. The van der Waals surface area contributed by atoms with E-state index in [4.69, 9.17) is 11.6 Å². The van der Waals surface area contributed by atoms with E-state index in [2.05, 4.69) is 15.9 Å². The summed E-state index contributed by atoms with van der Waals surface area (Å²) in [6.07, 6.45) is 5.48. The number of fused-ring (bicyclic) bond motifs is 1. The molecule has 5 nitrogen and oxygen atoms in total. The predicted octanol–water partition coefficient (Wildman–Crippen LogP) is 2.37. The van der Waals surface area contributed by atoms with Gasteiger partial charge in [0, 0.05) is 37.7 Å². The maximum Gasteiger partial charge on any atom is 0.234 e. The van der Waals surface area contributed by atoms with Gasteiger partial charge >= 0.3 is 0 Å². The normalized spacial score (nSPS) is 27.2. The van der Waals surface area contributed by atoms with E-state index in [1.54, 1.807) is 0 Å². The number of allylic oxidation sites excluding steroid dienone is 2. The maximum absolute atomic E-state index is 12.6. The van der Waals surface area contributed by atoms with Gasteiger partial charge in [-0.05, 0) is 30.5 Å². The van der Waals surface area contributed by atoms with E-state index in [0.29, 0.717) is 19.5 Å². The summed E-state index contributed by atoms with van der Waals surface area (Å²) < 4.78 is 0. The lowest BCUT2D eigenvalue weighted by molar-refractivity contribution is -0.142. The molecule has 6 heteroatoms. The molecule has 0 N–H and O–H groups in total. The number of hydrogen-bond acceptors (Lipinski definition) is 4. The van der Waals surface area contributed by atoms with E-state index >= 15 is 0 Å². The van der Waals surface area contributed by atoms with Crippen LogP contribution in [-0.2, 0) is 16.1 Å². The second-order valence-corrected chi connectivity index (χ2v) is 7.86. The lowest BCUT2D eigenvalue weighted by Crippen LogP contribution is -2.51. The van der Waals surface area contributed by atoms with Crippen molar-refractivity contribution >= 4 is 23.4 Å². The molecule has 0 aromatic heterocycles. The summed E-state index contributed by atoms with van der Waals surface area (Å²) in [6.45, 7) is 4.91. The van der Waals surface area contributed by atoms with E-state index in [1.807, 2.05) is 30.4 Å². The zero-order chi connectivity index (χ0) is 18.1. The number of hydrogen-bond donors (Lipinski definition) is 0. The minimum Gasteiger partial charge on any atom is -0.297 e. The number of carbonyl (C=O) groups excluding carboxylic acids is 2. The molecule has 138 valence electrons. The molecule has 2 saturated heterocycles. The quantitative estimate of drug-likeness (QED) is 0.600. The molecule has 0 radical (unpaired) electrons. The molecule has 2 heterocycles. The first-order valence-electron chi connectivity index (χ1n) is 9.31. The van der Waals surface area contributed by atoms with Gasteiger partial charge in [0.25, 0.3) is 0 Å². The zero-order valence-electron chi connectivity index (χ0n) is 14.8. The first kappa shape index (κ1) is 17.7. The summed E-state index contributed by atoms with van der Waals surface area (Å²) in [5, 5.41) is 0.767. The van der Waals surface area contributed by atoms with Gasteiger partial charge in [-0.3, -0.25) is 24.3 Å². The molecular weight excluding hydrogens is 350 g/mol. The van der Waals surface area contributed by atoms with Crippen molar-refractivity contribution in [2.75, 3.05) is 32.8 Å². The molecule has 2 aliphatic heterocycles. The second kappa shape index (κ2) is 7.51. The molecule has 3 aliphatic rings. The number of halogens is 1. The minimum absolute atomic E-state index is 0.0192. The number of rotatable bonds is 4. The van der Waals surface area contributed by atoms with Gasteiger partial charge < -0.3 is 0 Å². The minimum atomic E-state index is -0.128. The van der Waals surface area contributed by atoms with Gasteiger partial charge in [-0.1, -0.05) is 35.9 Å². The van der Waals surface area contributed by atoms with Gasteiger partial charge in [0.2, 0.25) is 11.8 Å². The molecule has 2 amide bonds. The number of benzene rings is 1. The summed E-state index contributed by atoms with van der Waals surface area (Å²) in [7, 11) is 0. The fraction of sp³-hybridized carbons (Fsp3) is 0.500. The summed E-state index contributed by atoms with van der Waals surface area (Å²) >= 11 is 6.06. The van der Waals surface area contributed by atoms with E-state index in [-0.39, 0.29) is 23.7 Å². The first-order chi connectivity index (χ1) is 12.6. The van der Waals surface area contributed by atoms with Crippen molar-refractivity contribution in [3.05, 3.63) is 47.0 Å². The number of piperazine rings is 1. The Labute approximate surface area is 159 Å². The molecule has 1 aromatic carbocycles. The first-order valence-corrected chi connectivity index (χ1v) is 9.69. The molecule has 0 spiro atoms. The topological polar surface area (TPSA) is 43.9 Å². The van der Waals surface area contributed by atoms with Crippen molar-refractivity contribution in [2.45, 2.75) is 19.4 Å². The van der Waals surface area contributed by atoms with E-state index in [9.17, 15) is 9.59 Å². The van der Waals surface area contributed by atoms with Gasteiger partial charge in [0.05, 0.1) is 18.5 Å². The number of nitrogens with zero attached hydrogens (tertiary/aromatic N) is 3. The SMILES string of the molecule is O=C1[C@H]2CC=CC[C@@H]2C(=O)N1CN1CCN(Cc2cccc(Cl)c2)CC1. The average Bonchev–Trinajstić information content (AvgIpc) is 2.89. The van der Waals surface area contributed by atoms with Gasteiger partial charge in [-0.25, -0.2) is 0 Å². The van der Waals surface area contributed by atoms with Gasteiger partial charge in [0.1, 0.15) is 0 Å². The molecule has 2 atom stereocenters. The van der Waals surface area contributed by atoms with Crippen LogP contribution in [0.3, 0.4) is 0 Å². The van der Waals surface area contributed by atoms with Crippen LogP contribution in [0, 0.1) is 11.8 Å². The Hall–Kier alpha value is -1.69. The Morgan fingerprint density at radius 1 is 0.923 bits per heavy atom. The number of carbonyl (C=O) groups is 2. The fourth-order valence-corrected chi connectivity index (χ4v) is 4.40. The van der Waals surface area contributed by atoms with Crippen molar-refractivity contribution in [3.8, 4) is 0 Å². The smallest absolute Gasteiger partial charge is 0.234 e. The van der Waals surface area contributed by atoms with Crippen molar-refractivity contribution < 1.29 is 9.59 Å². The molecule has 2 fully saturated rings. The van der Waals surface area contributed by atoms with Gasteiger partial charge in [0.15, 0.2) is 0 Å². The summed E-state index contributed by atoms with van der Waals surface area (Å²) in [5.41, 5.74) is 1.22. The third kappa shape index (κ3) is 3.56. The number of amides is 2. The summed E-state index contributed by atoms with van der Waals surface area (Å²) in [4.78, 5) is 31.3. The fourth-order valence-electron chi connectivity index (χ4n) is 4.19. The molecule has 4 rings (SSSR count). The molecule has 1 aromatic rings. The Kier molecular flexibility index (Phi) is 5.11. The Morgan fingerprint density at radius 2 is 1.54 bits per heavy atom. The lowest BCUT2D eigenvalue weighted by Gasteiger charge is -2.36. The van der Waals surface area contributed by atoms with Crippen molar-refractivity contribution in [3.63, 3.8) is 0 Å². The Bertz CT molecular complexity index is 702. The standard InChI is InChI=1S/C20H24ClN3O2/c21-16-5-3-4-15(12-16)13-22-8-10-23(11-9-22)14-24-19(25)17-6-1-2-7-18(17)20(24)26/h1-5,12,17-18H,6-11,13-14H2/t17-,18-/m0/s1. The van der Waals surface area contributed by atoms with Crippen LogP contribution in [0.15, 0.2) is 36.4 Å². The highest BCUT2D eigenvalue weighted by atomic mass is 35.5. The van der Waals surface area contributed by atoms with E-state index in [0.717, 1.165) is 37.7 Å². The van der Waals surface area contributed by atoms with E-state index in [1.165, 1.54) is 10.5 Å². The van der Waals surface area contributed by atoms with Crippen LogP contribution in [0.2, 0.25) is 5.02 Å². The summed E-state index contributed by atoms with van der Waals surface area (Å²) in [6, 6.07) is 7.97. The van der Waals surface area contributed by atoms with Crippen LogP contribution in [0.1, 0.15) is 18.4 Å². The van der Waals surface area contributed by atoms with Crippen LogP contribution in [-0.4, -0.2) is 59.4 Å².